The average Bonchev–Trinajstić information content (AvgIpc) is 3.39. The second-order valence-electron chi connectivity index (χ2n) is 7.41. The number of ether oxygens (including phenoxy) is 1. The average molecular weight is 424 g/mol. The number of rotatable bonds is 5. The molecule has 0 aliphatic carbocycles. The van der Waals surface area contributed by atoms with Gasteiger partial charge in [-0.25, -0.2) is 4.98 Å². The van der Waals surface area contributed by atoms with Gasteiger partial charge in [-0.15, -0.1) is 0 Å². The number of thiazole rings is 1. The Morgan fingerprint density at radius 2 is 2.10 bits per heavy atom. The number of hydrogen-bond donors (Lipinski definition) is 0. The van der Waals surface area contributed by atoms with Crippen LogP contribution in [0.25, 0.3) is 10.2 Å². The number of nitrogens with zero attached hydrogens (tertiary/aromatic N) is 3. The first kappa shape index (κ1) is 18.5. The molecule has 0 N–H and O–H groups in total. The van der Waals surface area contributed by atoms with Crippen molar-refractivity contribution in [1.82, 2.24) is 4.98 Å². The van der Waals surface area contributed by atoms with Crippen LogP contribution in [0, 0.1) is 5.92 Å². The summed E-state index contributed by atoms with van der Waals surface area (Å²) >= 11 is 7.83. The van der Waals surface area contributed by atoms with Crippen LogP contribution >= 0.6 is 22.9 Å². The second kappa shape index (κ2) is 8.09. The van der Waals surface area contributed by atoms with E-state index >= 15 is 0 Å². The number of hydrogen-bond acceptors (Lipinski definition) is 5. The Morgan fingerprint density at radius 3 is 3.00 bits per heavy atom. The maximum Gasteiger partial charge on any atom is 0.186 e. The quantitative estimate of drug-likeness (QED) is 0.522. The highest BCUT2D eigenvalue weighted by Gasteiger charge is 2.26. The van der Waals surface area contributed by atoms with Gasteiger partial charge >= 0.3 is 0 Å². The SMILES string of the molecule is Clc1ccc2nc(N3CCC(COc4ccccc4N4C=CC=CC4)C3)sc2c1. The van der Waals surface area contributed by atoms with Crippen molar-refractivity contribution in [3.63, 3.8) is 0 Å². The Kier molecular flexibility index (Phi) is 5.17. The highest BCUT2D eigenvalue weighted by Crippen LogP contribution is 2.34. The van der Waals surface area contributed by atoms with Crippen LogP contribution in [0.15, 0.2) is 66.9 Å². The van der Waals surface area contributed by atoms with E-state index in [4.69, 9.17) is 21.3 Å². The third-order valence-corrected chi connectivity index (χ3v) is 6.67. The van der Waals surface area contributed by atoms with Gasteiger partial charge in [0.15, 0.2) is 5.13 Å². The predicted molar refractivity (Wildman–Crippen MR) is 123 cm³/mol. The van der Waals surface area contributed by atoms with E-state index in [9.17, 15) is 0 Å². The molecule has 1 unspecified atom stereocenters. The lowest BCUT2D eigenvalue weighted by Gasteiger charge is -2.24. The number of anilines is 2. The van der Waals surface area contributed by atoms with Gasteiger partial charge in [-0.05, 0) is 42.8 Å². The fourth-order valence-electron chi connectivity index (χ4n) is 3.83. The lowest BCUT2D eigenvalue weighted by molar-refractivity contribution is 0.262. The van der Waals surface area contributed by atoms with Gasteiger partial charge in [0, 0.05) is 36.8 Å². The Morgan fingerprint density at radius 1 is 1.17 bits per heavy atom. The normalized spacial score (nSPS) is 18.7. The summed E-state index contributed by atoms with van der Waals surface area (Å²) in [7, 11) is 0. The minimum atomic E-state index is 0.496. The molecule has 2 aromatic carbocycles. The van der Waals surface area contributed by atoms with Gasteiger partial charge in [0.05, 0.1) is 22.5 Å². The smallest absolute Gasteiger partial charge is 0.186 e. The van der Waals surface area contributed by atoms with Gasteiger partial charge in [-0.3, -0.25) is 0 Å². The van der Waals surface area contributed by atoms with Gasteiger partial charge in [-0.2, -0.15) is 0 Å². The molecule has 3 heterocycles. The summed E-state index contributed by atoms with van der Waals surface area (Å²) in [5.74, 6) is 1.44. The van der Waals surface area contributed by atoms with Crippen LogP contribution in [0.5, 0.6) is 5.75 Å². The molecule has 29 heavy (non-hydrogen) atoms. The molecular formula is C23H22ClN3OS. The van der Waals surface area contributed by atoms with E-state index in [1.54, 1.807) is 11.3 Å². The van der Waals surface area contributed by atoms with E-state index in [-0.39, 0.29) is 0 Å². The largest absolute Gasteiger partial charge is 0.491 e. The lowest BCUT2D eigenvalue weighted by Crippen LogP contribution is -2.22. The van der Waals surface area contributed by atoms with Gasteiger partial charge in [-0.1, -0.05) is 47.2 Å². The first-order valence-corrected chi connectivity index (χ1v) is 11.1. The van der Waals surface area contributed by atoms with Crippen molar-refractivity contribution >= 4 is 44.0 Å². The molecule has 1 saturated heterocycles. The summed E-state index contributed by atoms with van der Waals surface area (Å²) in [6.45, 7) is 3.58. The molecule has 2 aliphatic rings. The molecule has 0 bridgehead atoms. The molecule has 4 nitrogen and oxygen atoms in total. The molecule has 2 aliphatic heterocycles. The zero-order valence-corrected chi connectivity index (χ0v) is 17.6. The first-order chi connectivity index (χ1) is 14.3. The fourth-order valence-corrected chi connectivity index (χ4v) is 5.11. The van der Waals surface area contributed by atoms with E-state index < -0.39 is 0 Å². The van der Waals surface area contributed by atoms with E-state index in [1.165, 1.54) is 0 Å². The van der Waals surface area contributed by atoms with Crippen LogP contribution in [0.1, 0.15) is 6.42 Å². The van der Waals surface area contributed by atoms with Gasteiger partial charge in [0.25, 0.3) is 0 Å². The number of benzene rings is 2. The molecule has 3 aromatic rings. The van der Waals surface area contributed by atoms with Crippen LogP contribution in [-0.2, 0) is 0 Å². The van der Waals surface area contributed by atoms with Crippen molar-refractivity contribution in [2.24, 2.45) is 5.92 Å². The highest BCUT2D eigenvalue weighted by atomic mass is 35.5. The second-order valence-corrected chi connectivity index (χ2v) is 8.86. The summed E-state index contributed by atoms with van der Waals surface area (Å²) in [5, 5.41) is 1.84. The molecule has 6 heteroatoms. The lowest BCUT2D eigenvalue weighted by atomic mass is 10.1. The Labute approximate surface area is 179 Å². The summed E-state index contributed by atoms with van der Waals surface area (Å²) in [6, 6.07) is 14.2. The third-order valence-electron chi connectivity index (χ3n) is 5.36. The first-order valence-electron chi connectivity index (χ1n) is 9.89. The third kappa shape index (κ3) is 3.98. The number of para-hydroxylation sites is 2. The molecule has 0 spiro atoms. The molecule has 5 rings (SSSR count). The number of halogens is 1. The highest BCUT2D eigenvalue weighted by molar-refractivity contribution is 7.22. The van der Waals surface area contributed by atoms with Crippen molar-refractivity contribution in [1.29, 1.82) is 0 Å². The van der Waals surface area contributed by atoms with Gasteiger partial charge in [0.2, 0.25) is 0 Å². The number of fused-ring (bicyclic) bond motifs is 1. The molecular weight excluding hydrogens is 402 g/mol. The van der Waals surface area contributed by atoms with E-state index in [0.29, 0.717) is 5.92 Å². The molecule has 0 saturated carbocycles. The molecule has 148 valence electrons. The van der Waals surface area contributed by atoms with Crippen molar-refractivity contribution in [2.75, 3.05) is 36.0 Å². The van der Waals surface area contributed by atoms with Crippen molar-refractivity contribution in [3.8, 4) is 5.75 Å². The summed E-state index contributed by atoms with van der Waals surface area (Å²) < 4.78 is 7.42. The fraction of sp³-hybridized carbons (Fsp3) is 0.261. The van der Waals surface area contributed by atoms with E-state index in [0.717, 1.165) is 64.5 Å². The van der Waals surface area contributed by atoms with E-state index in [1.807, 2.05) is 24.3 Å². The molecule has 0 amide bonds. The Balaban J connectivity index is 1.24. The standard InChI is InChI=1S/C23H22ClN3OS/c24-18-8-9-19-22(14-18)29-23(25-19)27-13-10-17(15-27)16-28-21-7-3-2-6-20(21)26-11-4-1-5-12-26/h1-9,11,14,17H,10,12-13,15-16H2. The van der Waals surface area contributed by atoms with Gasteiger partial charge in [0.1, 0.15) is 5.75 Å². The van der Waals surface area contributed by atoms with Crippen LogP contribution < -0.4 is 14.5 Å². The van der Waals surface area contributed by atoms with Crippen molar-refractivity contribution in [3.05, 3.63) is 71.9 Å². The number of aromatic nitrogens is 1. The number of allylic oxidation sites excluding steroid dienone is 2. The van der Waals surface area contributed by atoms with E-state index in [2.05, 4.69) is 52.4 Å². The molecule has 1 atom stereocenters. The van der Waals surface area contributed by atoms with Gasteiger partial charge < -0.3 is 14.5 Å². The van der Waals surface area contributed by atoms with Crippen molar-refractivity contribution in [2.45, 2.75) is 6.42 Å². The Bertz CT molecular complexity index is 1080. The van der Waals surface area contributed by atoms with Crippen LogP contribution in [0.4, 0.5) is 10.8 Å². The maximum atomic E-state index is 6.27. The minimum Gasteiger partial charge on any atom is -0.491 e. The topological polar surface area (TPSA) is 28.6 Å². The Hall–Kier alpha value is -2.50. The van der Waals surface area contributed by atoms with Crippen LogP contribution in [0.3, 0.4) is 0 Å². The maximum absolute atomic E-state index is 6.27. The van der Waals surface area contributed by atoms with Crippen molar-refractivity contribution < 1.29 is 4.74 Å². The minimum absolute atomic E-state index is 0.496. The predicted octanol–water partition coefficient (Wildman–Crippen LogP) is 5.74. The van der Waals surface area contributed by atoms with Crippen LogP contribution in [-0.4, -0.2) is 31.2 Å². The zero-order chi connectivity index (χ0) is 19.6. The molecule has 1 fully saturated rings. The summed E-state index contributed by atoms with van der Waals surface area (Å²) in [6.07, 6.45) is 9.49. The summed E-state index contributed by atoms with van der Waals surface area (Å²) in [5.41, 5.74) is 2.14. The monoisotopic (exact) mass is 423 g/mol. The van der Waals surface area contributed by atoms with Crippen LogP contribution in [0.2, 0.25) is 5.02 Å². The molecule has 1 aromatic heterocycles. The molecule has 0 radical (unpaired) electrons. The zero-order valence-electron chi connectivity index (χ0n) is 16.0. The summed E-state index contributed by atoms with van der Waals surface area (Å²) in [4.78, 5) is 9.37.